The lowest BCUT2D eigenvalue weighted by molar-refractivity contribution is 0.206. The number of ether oxygens (including phenoxy) is 2. The number of aliphatic imine (C=N–C) groups is 1. The zero-order chi connectivity index (χ0) is 30.0. The van der Waals surface area contributed by atoms with Crippen molar-refractivity contribution >= 4 is 34.9 Å². The number of hydrogen-bond acceptors (Lipinski definition) is 6. The van der Waals surface area contributed by atoms with Gasteiger partial charge in [-0.3, -0.25) is 4.90 Å². The van der Waals surface area contributed by atoms with E-state index < -0.39 is 0 Å². The number of rotatable bonds is 4. The number of pyridine rings is 1. The van der Waals surface area contributed by atoms with E-state index in [4.69, 9.17) is 19.5 Å². The van der Waals surface area contributed by atoms with Gasteiger partial charge in [-0.15, -0.1) is 0 Å². The van der Waals surface area contributed by atoms with Crippen LogP contribution in [0.25, 0.3) is 0 Å². The first kappa shape index (κ1) is 27.0. The maximum atomic E-state index is 6.56. The molecule has 1 aliphatic carbocycles. The van der Waals surface area contributed by atoms with E-state index in [-0.39, 0.29) is 17.6 Å². The predicted molar refractivity (Wildman–Crippen MR) is 177 cm³/mol. The summed E-state index contributed by atoms with van der Waals surface area (Å²) >= 11 is 1.77. The van der Waals surface area contributed by atoms with E-state index in [0.717, 1.165) is 51.1 Å². The van der Waals surface area contributed by atoms with Crippen LogP contribution in [0.1, 0.15) is 54.6 Å². The van der Waals surface area contributed by atoms with Crippen molar-refractivity contribution in [2.75, 3.05) is 4.90 Å². The lowest BCUT2D eigenvalue weighted by Crippen LogP contribution is -2.18. The Labute approximate surface area is 262 Å². The minimum Gasteiger partial charge on any atom is -0.471 e. The second-order valence-corrected chi connectivity index (χ2v) is 13.8. The Morgan fingerprint density at radius 1 is 0.841 bits per heavy atom. The van der Waals surface area contributed by atoms with E-state index in [2.05, 4.69) is 118 Å². The standard InChI is InChI=1S/C38H33N3O2S/c1-23-17-25(37-40-36-29-10-6-5-9-24(29)20-32(36)43-37)19-28(18-23)42-27-13-14-34-31(22-27)41(30-11-7-8-12-33(30)44-34)35-21-26(15-16-39-35)38(2,3)4/h5-19,21-22,32,36H,20H2,1-4H3/t32-,36+/m0/s1. The summed E-state index contributed by atoms with van der Waals surface area (Å²) in [7, 11) is 0. The minimum absolute atomic E-state index is 0.00772. The average molecular weight is 596 g/mol. The van der Waals surface area contributed by atoms with Crippen LogP contribution in [0.15, 0.2) is 118 Å². The third-order valence-corrected chi connectivity index (χ3v) is 9.67. The molecule has 5 nitrogen and oxygen atoms in total. The van der Waals surface area contributed by atoms with E-state index in [1.807, 2.05) is 18.3 Å². The first-order valence-electron chi connectivity index (χ1n) is 15.1. The Hall–Kier alpha value is -4.55. The molecular formula is C38H33N3O2S. The molecule has 3 heterocycles. The highest BCUT2D eigenvalue weighted by atomic mass is 32.2. The lowest BCUT2D eigenvalue weighted by Gasteiger charge is -2.33. The van der Waals surface area contributed by atoms with E-state index in [1.165, 1.54) is 21.6 Å². The Balaban J connectivity index is 1.14. The van der Waals surface area contributed by atoms with Crippen LogP contribution in [-0.4, -0.2) is 17.0 Å². The number of nitrogens with zero attached hydrogens (tertiary/aromatic N) is 3. The van der Waals surface area contributed by atoms with Gasteiger partial charge in [0.15, 0.2) is 0 Å². The molecule has 0 unspecified atom stereocenters. The van der Waals surface area contributed by atoms with Crippen LogP contribution in [0.5, 0.6) is 11.5 Å². The molecule has 8 rings (SSSR count). The largest absolute Gasteiger partial charge is 0.471 e. The van der Waals surface area contributed by atoms with Gasteiger partial charge in [-0.2, -0.15) is 0 Å². The van der Waals surface area contributed by atoms with E-state index in [1.54, 1.807) is 11.8 Å². The number of hydrogen-bond donors (Lipinski definition) is 0. The maximum Gasteiger partial charge on any atom is 0.217 e. The fourth-order valence-corrected chi connectivity index (χ4v) is 7.40. The van der Waals surface area contributed by atoms with Crippen molar-refractivity contribution in [3.05, 3.63) is 131 Å². The first-order chi connectivity index (χ1) is 21.3. The Morgan fingerprint density at radius 3 is 2.55 bits per heavy atom. The van der Waals surface area contributed by atoms with Crippen LogP contribution in [0.3, 0.4) is 0 Å². The number of fused-ring (bicyclic) bond motifs is 5. The molecule has 0 bridgehead atoms. The summed E-state index contributed by atoms with van der Waals surface area (Å²) in [6.07, 6.45) is 2.86. The molecule has 6 heteroatoms. The van der Waals surface area contributed by atoms with E-state index >= 15 is 0 Å². The van der Waals surface area contributed by atoms with Crippen LogP contribution < -0.4 is 9.64 Å². The molecule has 0 saturated heterocycles. The molecule has 1 aromatic heterocycles. The maximum absolute atomic E-state index is 6.56. The molecule has 2 atom stereocenters. The summed E-state index contributed by atoms with van der Waals surface area (Å²) in [5.41, 5.74) is 8.05. The number of benzene rings is 4. The third-order valence-electron chi connectivity index (χ3n) is 8.54. The highest BCUT2D eigenvalue weighted by Crippen LogP contribution is 2.52. The molecule has 4 aromatic carbocycles. The molecule has 44 heavy (non-hydrogen) atoms. The molecule has 3 aliphatic rings. The predicted octanol–water partition coefficient (Wildman–Crippen LogP) is 9.86. The lowest BCUT2D eigenvalue weighted by atomic mass is 9.88. The van der Waals surface area contributed by atoms with Gasteiger partial charge in [0, 0.05) is 34.0 Å². The van der Waals surface area contributed by atoms with Crippen molar-refractivity contribution in [1.29, 1.82) is 0 Å². The van der Waals surface area contributed by atoms with Gasteiger partial charge in [0.1, 0.15) is 29.5 Å². The third kappa shape index (κ3) is 4.74. The highest BCUT2D eigenvalue weighted by Gasteiger charge is 2.39. The second-order valence-electron chi connectivity index (χ2n) is 12.8. The smallest absolute Gasteiger partial charge is 0.217 e. The summed E-state index contributed by atoms with van der Waals surface area (Å²) in [4.78, 5) is 14.5. The van der Waals surface area contributed by atoms with E-state index in [0.29, 0.717) is 5.90 Å². The number of aryl methyl sites for hydroxylation is 1. The molecule has 0 radical (unpaired) electrons. The molecule has 0 fully saturated rings. The zero-order valence-corrected chi connectivity index (χ0v) is 26.1. The van der Waals surface area contributed by atoms with Gasteiger partial charge in [-0.05, 0) is 89.2 Å². The number of aromatic nitrogens is 1. The molecule has 0 saturated carbocycles. The molecular weight excluding hydrogens is 563 g/mol. The normalized spacial score (nSPS) is 18.1. The van der Waals surface area contributed by atoms with Crippen LogP contribution in [0.2, 0.25) is 0 Å². The molecule has 5 aromatic rings. The number of anilines is 3. The quantitative estimate of drug-likeness (QED) is 0.203. The summed E-state index contributed by atoms with van der Waals surface area (Å²) in [6.45, 7) is 8.78. The second kappa shape index (κ2) is 10.3. The van der Waals surface area contributed by atoms with Crippen LogP contribution >= 0.6 is 11.8 Å². The van der Waals surface area contributed by atoms with Crippen LogP contribution in [-0.2, 0) is 16.6 Å². The molecule has 218 valence electrons. The van der Waals surface area contributed by atoms with Crippen molar-refractivity contribution in [3.8, 4) is 11.5 Å². The Kier molecular flexibility index (Phi) is 6.31. The highest BCUT2D eigenvalue weighted by molar-refractivity contribution is 7.99. The molecule has 0 N–H and O–H groups in total. The van der Waals surface area contributed by atoms with E-state index in [9.17, 15) is 0 Å². The molecule has 0 amide bonds. The van der Waals surface area contributed by atoms with Gasteiger partial charge >= 0.3 is 0 Å². The van der Waals surface area contributed by atoms with Crippen molar-refractivity contribution in [3.63, 3.8) is 0 Å². The topological polar surface area (TPSA) is 47.0 Å². The van der Waals surface area contributed by atoms with Gasteiger partial charge in [0.2, 0.25) is 5.90 Å². The fourth-order valence-electron chi connectivity index (χ4n) is 6.36. The summed E-state index contributed by atoms with van der Waals surface area (Å²) in [5, 5.41) is 0. The van der Waals surface area contributed by atoms with Gasteiger partial charge in [-0.25, -0.2) is 9.98 Å². The average Bonchev–Trinajstić information content (AvgIpc) is 3.58. The Bertz CT molecular complexity index is 1960. The monoisotopic (exact) mass is 595 g/mol. The number of para-hydroxylation sites is 1. The van der Waals surface area contributed by atoms with Crippen LogP contribution in [0, 0.1) is 6.92 Å². The molecule has 2 aliphatic heterocycles. The van der Waals surface area contributed by atoms with Crippen molar-refractivity contribution < 1.29 is 9.47 Å². The summed E-state index contributed by atoms with van der Waals surface area (Å²) in [6, 6.07) is 33.9. The van der Waals surface area contributed by atoms with Gasteiger partial charge < -0.3 is 9.47 Å². The molecule has 0 spiro atoms. The summed E-state index contributed by atoms with van der Waals surface area (Å²) < 4.78 is 13.0. The Morgan fingerprint density at radius 2 is 1.66 bits per heavy atom. The SMILES string of the molecule is Cc1cc(Oc2ccc3c(c2)N(c2cc(C(C)(C)C)ccn2)c2ccccc2S3)cc(C2=N[C@@H]3c4ccccc4C[C@@H]3O2)c1. The van der Waals surface area contributed by atoms with Gasteiger partial charge in [-0.1, -0.05) is 68.9 Å². The van der Waals surface area contributed by atoms with Crippen LogP contribution in [0.4, 0.5) is 17.2 Å². The zero-order valence-electron chi connectivity index (χ0n) is 25.2. The van der Waals surface area contributed by atoms with Gasteiger partial charge in [0.05, 0.1) is 11.4 Å². The first-order valence-corrected chi connectivity index (χ1v) is 15.9. The van der Waals surface area contributed by atoms with Crippen molar-refractivity contribution in [2.24, 2.45) is 4.99 Å². The van der Waals surface area contributed by atoms with Gasteiger partial charge in [0.25, 0.3) is 0 Å². The van der Waals surface area contributed by atoms with Crippen molar-refractivity contribution in [2.45, 2.75) is 61.5 Å². The fraction of sp³-hybridized carbons (Fsp3) is 0.211. The van der Waals surface area contributed by atoms with Crippen molar-refractivity contribution in [1.82, 2.24) is 4.98 Å². The minimum atomic E-state index is 0.00772. The summed E-state index contributed by atoms with van der Waals surface area (Å²) in [5.74, 6) is 3.10.